The molecule has 2 aromatic heterocycles. The van der Waals surface area contributed by atoms with Crippen LogP contribution in [0.5, 0.6) is 0 Å². The molecule has 0 amide bonds. The first-order chi connectivity index (χ1) is 9.74. The molecule has 0 fully saturated rings. The molecule has 6 heteroatoms. The van der Waals surface area contributed by atoms with Crippen LogP contribution in [0.4, 0.5) is 0 Å². The highest BCUT2D eigenvalue weighted by Crippen LogP contribution is 2.23. The standard InChI is InChI=1S/C14H21N3O3/c1-10-4-5-13(20-10)14-11(7-16-17-14)6-15-8-12(19-3)9-18-2/h4-5,7,12,15H,6,8-9H2,1-3H3,(H,16,17). The molecule has 0 aromatic carbocycles. The number of aromatic nitrogens is 2. The maximum absolute atomic E-state index is 5.61. The molecule has 2 N–H and O–H groups in total. The second-order valence-corrected chi connectivity index (χ2v) is 4.62. The second-order valence-electron chi connectivity index (χ2n) is 4.62. The number of methoxy groups -OCH3 is 2. The summed E-state index contributed by atoms with van der Waals surface area (Å²) in [4.78, 5) is 0. The van der Waals surface area contributed by atoms with Crippen molar-refractivity contribution in [1.29, 1.82) is 0 Å². The van der Waals surface area contributed by atoms with E-state index in [1.54, 1.807) is 20.4 Å². The largest absolute Gasteiger partial charge is 0.460 e. The lowest BCUT2D eigenvalue weighted by Gasteiger charge is -2.14. The number of nitrogens with zero attached hydrogens (tertiary/aromatic N) is 1. The summed E-state index contributed by atoms with van der Waals surface area (Å²) in [5, 5.41) is 10.4. The molecule has 2 rings (SSSR count). The average molecular weight is 279 g/mol. The van der Waals surface area contributed by atoms with Crippen LogP contribution in [0, 0.1) is 6.92 Å². The van der Waals surface area contributed by atoms with Crippen LogP contribution in [-0.4, -0.2) is 43.7 Å². The number of furan rings is 1. The van der Waals surface area contributed by atoms with Crippen molar-refractivity contribution in [3.05, 3.63) is 29.7 Å². The summed E-state index contributed by atoms with van der Waals surface area (Å²) in [6, 6.07) is 3.88. The first kappa shape index (κ1) is 14.8. The Hall–Kier alpha value is -1.63. The minimum Gasteiger partial charge on any atom is -0.460 e. The fourth-order valence-electron chi connectivity index (χ4n) is 1.99. The Balaban J connectivity index is 1.92. The van der Waals surface area contributed by atoms with Crippen LogP contribution in [0.3, 0.4) is 0 Å². The number of H-pyrrole nitrogens is 1. The summed E-state index contributed by atoms with van der Waals surface area (Å²) in [5.41, 5.74) is 1.97. The maximum atomic E-state index is 5.61. The maximum Gasteiger partial charge on any atom is 0.152 e. The lowest BCUT2D eigenvalue weighted by atomic mass is 10.2. The van der Waals surface area contributed by atoms with Crippen LogP contribution >= 0.6 is 0 Å². The Bertz CT molecular complexity index is 521. The van der Waals surface area contributed by atoms with Gasteiger partial charge in [0, 0.05) is 32.9 Å². The van der Waals surface area contributed by atoms with E-state index in [2.05, 4.69) is 15.5 Å². The van der Waals surface area contributed by atoms with Gasteiger partial charge >= 0.3 is 0 Å². The number of aromatic amines is 1. The summed E-state index contributed by atoms with van der Waals surface area (Å²) in [6.45, 7) is 3.89. The first-order valence-corrected chi connectivity index (χ1v) is 6.56. The number of hydrogen-bond donors (Lipinski definition) is 2. The molecule has 2 aromatic rings. The van der Waals surface area contributed by atoms with Gasteiger partial charge in [-0.3, -0.25) is 5.10 Å². The van der Waals surface area contributed by atoms with Gasteiger partial charge in [0.25, 0.3) is 0 Å². The van der Waals surface area contributed by atoms with Crippen LogP contribution in [0.1, 0.15) is 11.3 Å². The van der Waals surface area contributed by atoms with Gasteiger partial charge < -0.3 is 19.2 Å². The lowest BCUT2D eigenvalue weighted by molar-refractivity contribution is 0.0288. The van der Waals surface area contributed by atoms with Crippen molar-refractivity contribution in [3.8, 4) is 11.5 Å². The van der Waals surface area contributed by atoms with Crippen molar-refractivity contribution in [2.45, 2.75) is 19.6 Å². The minimum atomic E-state index is 0.0428. The van der Waals surface area contributed by atoms with Crippen LogP contribution in [0.15, 0.2) is 22.7 Å². The van der Waals surface area contributed by atoms with E-state index in [1.165, 1.54) is 0 Å². The highest BCUT2D eigenvalue weighted by Gasteiger charge is 2.12. The Morgan fingerprint density at radius 1 is 1.40 bits per heavy atom. The van der Waals surface area contributed by atoms with Crippen molar-refractivity contribution in [2.24, 2.45) is 0 Å². The van der Waals surface area contributed by atoms with E-state index >= 15 is 0 Å². The smallest absolute Gasteiger partial charge is 0.152 e. The SMILES string of the molecule is COCC(CNCc1cn[nH]c1-c1ccc(C)o1)OC. The number of aryl methyl sites for hydroxylation is 1. The molecule has 0 aliphatic heterocycles. The van der Waals surface area contributed by atoms with Crippen molar-refractivity contribution in [1.82, 2.24) is 15.5 Å². The number of nitrogens with one attached hydrogen (secondary N) is 2. The molecule has 2 heterocycles. The van der Waals surface area contributed by atoms with Gasteiger partial charge in [0.2, 0.25) is 0 Å². The highest BCUT2D eigenvalue weighted by molar-refractivity contribution is 5.56. The third-order valence-electron chi connectivity index (χ3n) is 3.08. The highest BCUT2D eigenvalue weighted by atomic mass is 16.5. The monoisotopic (exact) mass is 279 g/mol. The van der Waals surface area contributed by atoms with Crippen molar-refractivity contribution in [2.75, 3.05) is 27.4 Å². The first-order valence-electron chi connectivity index (χ1n) is 6.56. The lowest BCUT2D eigenvalue weighted by Crippen LogP contribution is -2.31. The summed E-state index contributed by atoms with van der Waals surface area (Å²) < 4.78 is 16.0. The van der Waals surface area contributed by atoms with Gasteiger partial charge in [-0.15, -0.1) is 0 Å². The fraction of sp³-hybridized carbons (Fsp3) is 0.500. The third-order valence-corrected chi connectivity index (χ3v) is 3.08. The zero-order chi connectivity index (χ0) is 14.4. The van der Waals surface area contributed by atoms with E-state index < -0.39 is 0 Å². The summed E-state index contributed by atoms with van der Waals surface area (Å²) >= 11 is 0. The molecule has 0 saturated heterocycles. The zero-order valence-corrected chi connectivity index (χ0v) is 12.1. The summed E-state index contributed by atoms with van der Waals surface area (Å²) in [7, 11) is 3.35. The second kappa shape index (κ2) is 7.23. The zero-order valence-electron chi connectivity index (χ0n) is 12.1. The number of rotatable bonds is 8. The summed E-state index contributed by atoms with van der Waals surface area (Å²) in [5.74, 6) is 1.69. The quantitative estimate of drug-likeness (QED) is 0.770. The van der Waals surface area contributed by atoms with Gasteiger partial charge in [0.15, 0.2) is 5.76 Å². The molecule has 0 aliphatic carbocycles. The van der Waals surface area contributed by atoms with Crippen LogP contribution in [0.2, 0.25) is 0 Å². The van der Waals surface area contributed by atoms with E-state index in [0.717, 1.165) is 22.8 Å². The molecule has 1 unspecified atom stereocenters. The van der Waals surface area contributed by atoms with E-state index in [1.807, 2.05) is 19.1 Å². The summed E-state index contributed by atoms with van der Waals surface area (Å²) in [6.07, 6.45) is 1.85. The Kier molecular flexibility index (Phi) is 5.34. The normalized spacial score (nSPS) is 12.8. The molecular weight excluding hydrogens is 258 g/mol. The Morgan fingerprint density at radius 2 is 2.25 bits per heavy atom. The number of hydrogen-bond acceptors (Lipinski definition) is 5. The van der Waals surface area contributed by atoms with Crippen LogP contribution in [-0.2, 0) is 16.0 Å². The third kappa shape index (κ3) is 3.69. The topological polar surface area (TPSA) is 72.3 Å². The van der Waals surface area contributed by atoms with Gasteiger partial charge in [-0.05, 0) is 19.1 Å². The van der Waals surface area contributed by atoms with E-state index in [0.29, 0.717) is 19.7 Å². The van der Waals surface area contributed by atoms with Crippen molar-refractivity contribution < 1.29 is 13.9 Å². The van der Waals surface area contributed by atoms with E-state index in [4.69, 9.17) is 13.9 Å². The molecule has 6 nitrogen and oxygen atoms in total. The molecule has 0 aliphatic rings. The minimum absolute atomic E-state index is 0.0428. The molecule has 1 atom stereocenters. The van der Waals surface area contributed by atoms with Crippen molar-refractivity contribution >= 4 is 0 Å². The Labute approximate surface area is 118 Å². The predicted molar refractivity (Wildman–Crippen MR) is 75.4 cm³/mol. The van der Waals surface area contributed by atoms with Gasteiger partial charge in [0.1, 0.15) is 11.5 Å². The molecule has 0 spiro atoms. The van der Waals surface area contributed by atoms with E-state index in [-0.39, 0.29) is 6.10 Å². The molecular formula is C14H21N3O3. The molecule has 0 radical (unpaired) electrons. The average Bonchev–Trinajstić information content (AvgIpc) is 3.06. The van der Waals surface area contributed by atoms with Gasteiger partial charge in [-0.2, -0.15) is 5.10 Å². The molecule has 0 saturated carbocycles. The Morgan fingerprint density at radius 3 is 2.90 bits per heavy atom. The van der Waals surface area contributed by atoms with Gasteiger partial charge in [0.05, 0.1) is 18.9 Å². The van der Waals surface area contributed by atoms with Crippen LogP contribution < -0.4 is 5.32 Å². The van der Waals surface area contributed by atoms with E-state index in [9.17, 15) is 0 Å². The van der Waals surface area contributed by atoms with Gasteiger partial charge in [-0.1, -0.05) is 0 Å². The van der Waals surface area contributed by atoms with Gasteiger partial charge in [-0.25, -0.2) is 0 Å². The number of ether oxygens (including phenoxy) is 2. The van der Waals surface area contributed by atoms with Crippen LogP contribution in [0.25, 0.3) is 11.5 Å². The molecule has 0 bridgehead atoms. The molecule has 20 heavy (non-hydrogen) atoms. The van der Waals surface area contributed by atoms with Crippen molar-refractivity contribution in [3.63, 3.8) is 0 Å². The fourth-order valence-corrected chi connectivity index (χ4v) is 1.99. The molecule has 110 valence electrons. The predicted octanol–water partition coefficient (Wildman–Crippen LogP) is 1.73.